The Balaban J connectivity index is 1.60. The molecule has 1 aromatic heterocycles. The van der Waals surface area contributed by atoms with Crippen molar-refractivity contribution in [1.82, 2.24) is 19.8 Å². The van der Waals surface area contributed by atoms with Gasteiger partial charge in [0.25, 0.3) is 0 Å². The number of nitrogens with two attached hydrogens (primary N) is 1. The smallest absolute Gasteiger partial charge is 0.222 e. The number of hydrogen-bond donors (Lipinski definition) is 1. The summed E-state index contributed by atoms with van der Waals surface area (Å²) in [5.74, 6) is 1.28. The topological polar surface area (TPSA) is 61.5 Å². The van der Waals surface area contributed by atoms with Crippen LogP contribution in [0, 0.1) is 0 Å². The predicted molar refractivity (Wildman–Crippen MR) is 111 cm³/mol. The summed E-state index contributed by atoms with van der Waals surface area (Å²) in [6, 6.07) is 11.3. The monoisotopic (exact) mass is 366 g/mol. The van der Waals surface area contributed by atoms with Crippen molar-refractivity contribution in [2.75, 3.05) is 56.9 Å². The van der Waals surface area contributed by atoms with Gasteiger partial charge in [0.1, 0.15) is 5.82 Å². The second kappa shape index (κ2) is 7.82. The Kier molecular flexibility index (Phi) is 5.27. The number of likely N-dealkylation sites (tertiary alicyclic amines) is 1. The molecule has 27 heavy (non-hydrogen) atoms. The molecule has 1 atom stereocenters. The first-order valence-electron chi connectivity index (χ1n) is 10.0. The molecule has 144 valence electrons. The van der Waals surface area contributed by atoms with Crippen LogP contribution in [0.2, 0.25) is 0 Å². The van der Waals surface area contributed by atoms with Gasteiger partial charge in [-0.3, -0.25) is 4.90 Å². The van der Waals surface area contributed by atoms with Crippen LogP contribution in [0.4, 0.5) is 11.8 Å². The van der Waals surface area contributed by atoms with Crippen molar-refractivity contribution in [1.29, 1.82) is 0 Å². The molecule has 2 saturated heterocycles. The first-order valence-corrected chi connectivity index (χ1v) is 10.0. The molecule has 4 rings (SSSR count). The van der Waals surface area contributed by atoms with E-state index in [0.29, 0.717) is 12.0 Å². The molecule has 2 fully saturated rings. The lowest BCUT2D eigenvalue weighted by atomic mass is 10.0. The summed E-state index contributed by atoms with van der Waals surface area (Å²) in [5, 5.41) is 0. The number of nitrogen functional groups attached to an aromatic ring is 1. The Labute approximate surface area is 162 Å². The summed E-state index contributed by atoms with van der Waals surface area (Å²) in [5.41, 5.74) is 9.42. The third kappa shape index (κ3) is 4.06. The Hall–Kier alpha value is -2.18. The zero-order valence-corrected chi connectivity index (χ0v) is 16.4. The van der Waals surface area contributed by atoms with Crippen LogP contribution in [-0.4, -0.2) is 66.1 Å². The minimum Gasteiger partial charge on any atom is -0.368 e. The van der Waals surface area contributed by atoms with Gasteiger partial charge in [0.2, 0.25) is 5.95 Å². The third-order valence-corrected chi connectivity index (χ3v) is 5.91. The quantitative estimate of drug-likeness (QED) is 0.898. The Morgan fingerprint density at radius 3 is 2.44 bits per heavy atom. The zero-order valence-electron chi connectivity index (χ0n) is 16.4. The van der Waals surface area contributed by atoms with E-state index in [1.807, 2.05) is 0 Å². The number of anilines is 2. The van der Waals surface area contributed by atoms with Gasteiger partial charge in [0.15, 0.2) is 0 Å². The van der Waals surface area contributed by atoms with Gasteiger partial charge in [0.05, 0.1) is 5.69 Å². The molecule has 3 heterocycles. The average Bonchev–Trinajstić information content (AvgIpc) is 3.22. The van der Waals surface area contributed by atoms with E-state index >= 15 is 0 Å². The van der Waals surface area contributed by atoms with Crippen LogP contribution in [0.1, 0.15) is 31.4 Å². The second-order valence-electron chi connectivity index (χ2n) is 7.80. The van der Waals surface area contributed by atoms with Crippen LogP contribution in [0.3, 0.4) is 0 Å². The highest BCUT2D eigenvalue weighted by Crippen LogP contribution is 2.29. The summed E-state index contributed by atoms with van der Waals surface area (Å²) in [7, 11) is 2.16. The maximum Gasteiger partial charge on any atom is 0.222 e. The number of hydrogen-bond acceptors (Lipinski definition) is 6. The normalized spacial score (nSPS) is 20.1. The van der Waals surface area contributed by atoms with Crippen molar-refractivity contribution in [2.24, 2.45) is 0 Å². The highest BCUT2D eigenvalue weighted by molar-refractivity contribution is 5.65. The van der Waals surface area contributed by atoms with Crippen LogP contribution < -0.4 is 10.6 Å². The van der Waals surface area contributed by atoms with E-state index in [0.717, 1.165) is 43.3 Å². The van der Waals surface area contributed by atoms with Crippen molar-refractivity contribution in [3.05, 3.63) is 35.9 Å². The lowest BCUT2D eigenvalue weighted by Gasteiger charge is -2.33. The van der Waals surface area contributed by atoms with E-state index in [2.05, 4.69) is 69.0 Å². The number of likely N-dealkylation sites (N-methyl/N-ethyl adjacent to an activating group) is 1. The molecule has 1 aromatic carbocycles. The van der Waals surface area contributed by atoms with Gasteiger partial charge < -0.3 is 15.5 Å². The molecule has 0 unspecified atom stereocenters. The molecule has 0 saturated carbocycles. The maximum atomic E-state index is 6.06. The minimum atomic E-state index is 0.347. The summed E-state index contributed by atoms with van der Waals surface area (Å²) < 4.78 is 0. The molecule has 2 aromatic rings. The predicted octanol–water partition coefficient (Wildman–Crippen LogP) is 2.63. The van der Waals surface area contributed by atoms with Crippen LogP contribution >= 0.6 is 0 Å². The van der Waals surface area contributed by atoms with Crippen molar-refractivity contribution in [2.45, 2.75) is 25.8 Å². The standard InChI is InChI=1S/C21H30N6/c1-16(26-8-3-4-9-26)17-6-5-7-18(14-17)19-15-20(24-21(22)23-19)27-12-10-25(2)11-13-27/h5-7,14-16H,3-4,8-13H2,1-2H3,(H2,22,23,24)/t16-/m1/s1. The SMILES string of the molecule is C[C@H](c1cccc(-c2cc(N3CCN(C)CC3)nc(N)n2)c1)N1CCCC1. The van der Waals surface area contributed by atoms with E-state index in [1.165, 1.54) is 31.5 Å². The number of nitrogens with zero attached hydrogens (tertiary/aromatic N) is 5. The highest BCUT2D eigenvalue weighted by Gasteiger charge is 2.20. The van der Waals surface area contributed by atoms with Gasteiger partial charge in [0, 0.05) is 43.9 Å². The molecule has 0 bridgehead atoms. The van der Waals surface area contributed by atoms with Crippen LogP contribution in [0.15, 0.2) is 30.3 Å². The Bertz CT molecular complexity index is 778. The van der Waals surface area contributed by atoms with E-state index in [-0.39, 0.29) is 0 Å². The Morgan fingerprint density at radius 2 is 1.70 bits per heavy atom. The molecule has 2 N–H and O–H groups in total. The van der Waals surface area contributed by atoms with Gasteiger partial charge in [-0.2, -0.15) is 4.98 Å². The van der Waals surface area contributed by atoms with Crippen molar-refractivity contribution in [3.63, 3.8) is 0 Å². The van der Waals surface area contributed by atoms with Gasteiger partial charge in [-0.15, -0.1) is 0 Å². The second-order valence-corrected chi connectivity index (χ2v) is 7.80. The fraction of sp³-hybridized carbons (Fsp3) is 0.524. The molecule has 6 nitrogen and oxygen atoms in total. The molecule has 6 heteroatoms. The minimum absolute atomic E-state index is 0.347. The molecule has 2 aliphatic heterocycles. The molecular formula is C21H30N6. The maximum absolute atomic E-state index is 6.06. The largest absolute Gasteiger partial charge is 0.368 e. The van der Waals surface area contributed by atoms with Gasteiger partial charge in [-0.1, -0.05) is 18.2 Å². The molecular weight excluding hydrogens is 336 g/mol. The summed E-state index contributed by atoms with van der Waals surface area (Å²) in [6.45, 7) is 8.72. The van der Waals surface area contributed by atoms with E-state index in [9.17, 15) is 0 Å². The number of aromatic nitrogens is 2. The number of piperazine rings is 1. The molecule has 2 aliphatic rings. The van der Waals surface area contributed by atoms with Crippen molar-refractivity contribution >= 4 is 11.8 Å². The Morgan fingerprint density at radius 1 is 0.963 bits per heavy atom. The first-order chi connectivity index (χ1) is 13.1. The first kappa shape index (κ1) is 18.2. The van der Waals surface area contributed by atoms with Crippen molar-refractivity contribution < 1.29 is 0 Å². The fourth-order valence-corrected chi connectivity index (χ4v) is 4.10. The van der Waals surface area contributed by atoms with Crippen LogP contribution in [0.5, 0.6) is 0 Å². The van der Waals surface area contributed by atoms with E-state index in [1.54, 1.807) is 0 Å². The van der Waals surface area contributed by atoms with E-state index in [4.69, 9.17) is 5.73 Å². The molecule has 0 aliphatic carbocycles. The molecule has 0 radical (unpaired) electrons. The lowest BCUT2D eigenvalue weighted by Crippen LogP contribution is -2.44. The number of rotatable bonds is 4. The summed E-state index contributed by atoms with van der Waals surface area (Å²) in [4.78, 5) is 16.2. The fourth-order valence-electron chi connectivity index (χ4n) is 4.10. The summed E-state index contributed by atoms with van der Waals surface area (Å²) >= 11 is 0. The summed E-state index contributed by atoms with van der Waals surface area (Å²) in [6.07, 6.45) is 2.61. The van der Waals surface area contributed by atoms with Crippen LogP contribution in [0.25, 0.3) is 11.3 Å². The highest BCUT2D eigenvalue weighted by atomic mass is 15.3. The zero-order chi connectivity index (χ0) is 18.8. The van der Waals surface area contributed by atoms with Crippen molar-refractivity contribution in [3.8, 4) is 11.3 Å². The van der Waals surface area contributed by atoms with Gasteiger partial charge in [-0.25, -0.2) is 4.98 Å². The van der Waals surface area contributed by atoms with Crippen LogP contribution in [-0.2, 0) is 0 Å². The van der Waals surface area contributed by atoms with Gasteiger partial charge in [-0.05, 0) is 51.5 Å². The molecule has 0 spiro atoms. The molecule has 0 amide bonds. The lowest BCUT2D eigenvalue weighted by molar-refractivity contribution is 0.263. The average molecular weight is 367 g/mol. The van der Waals surface area contributed by atoms with E-state index < -0.39 is 0 Å². The van der Waals surface area contributed by atoms with Gasteiger partial charge >= 0.3 is 0 Å². The third-order valence-electron chi connectivity index (χ3n) is 5.91. The number of benzene rings is 1.